The van der Waals surface area contributed by atoms with Crippen molar-refractivity contribution in [3.8, 4) is 0 Å². The lowest BCUT2D eigenvalue weighted by atomic mass is 10.1. The molecule has 0 aromatic carbocycles. The molecule has 0 amide bonds. The van der Waals surface area contributed by atoms with Gasteiger partial charge in [-0.15, -0.1) is 0 Å². The smallest absolute Gasteiger partial charge is 0.462 e. The van der Waals surface area contributed by atoms with E-state index < -0.39 is 26.5 Å². The number of phosphoric ester groups is 1. The summed E-state index contributed by atoms with van der Waals surface area (Å²) in [6.07, 6.45) is 48.0. The summed E-state index contributed by atoms with van der Waals surface area (Å²) in [5.74, 6) is -0.852. The second-order valence-electron chi connectivity index (χ2n) is 15.7. The molecule has 0 spiro atoms. The number of quaternary nitrogens is 1. The SMILES string of the molecule is CC/C=C/C/C=C/C/C=C/C/C=C/C/C=C/CCCCCC(=O)O[C@H](COC(=O)CCCCCCC/C=C/CCCCCCC)COP(=O)(O)OCC[N+](C)(C)C. The first-order valence-electron chi connectivity index (χ1n) is 22.2. The summed E-state index contributed by atoms with van der Waals surface area (Å²) in [6.45, 7) is 4.23. The van der Waals surface area contributed by atoms with E-state index in [0.29, 0.717) is 17.4 Å². The maximum Gasteiger partial charge on any atom is 0.472 e. The number of carbonyl (C=O) groups is 2. The van der Waals surface area contributed by atoms with Crippen LogP contribution in [0.1, 0.15) is 162 Å². The van der Waals surface area contributed by atoms with Crippen molar-refractivity contribution in [2.24, 2.45) is 0 Å². The number of likely N-dealkylation sites (N-methyl/N-ethyl adjacent to an activating group) is 1. The Kier molecular flexibility index (Phi) is 37.2. The maximum absolute atomic E-state index is 12.7. The molecule has 1 unspecified atom stereocenters. The summed E-state index contributed by atoms with van der Waals surface area (Å²) >= 11 is 0. The fraction of sp³-hybridized carbons (Fsp3) is 0.702. The van der Waals surface area contributed by atoms with Crippen LogP contribution in [0, 0.1) is 0 Å². The predicted octanol–water partition coefficient (Wildman–Crippen LogP) is 12.6. The molecule has 0 radical (unpaired) electrons. The van der Waals surface area contributed by atoms with E-state index in [4.69, 9.17) is 18.5 Å². The zero-order chi connectivity index (χ0) is 42.1. The van der Waals surface area contributed by atoms with Crippen molar-refractivity contribution in [3.63, 3.8) is 0 Å². The van der Waals surface area contributed by atoms with Gasteiger partial charge in [0.1, 0.15) is 19.8 Å². The average Bonchev–Trinajstić information content (AvgIpc) is 3.16. The van der Waals surface area contributed by atoms with Crippen LogP contribution >= 0.6 is 7.82 Å². The molecule has 0 bridgehead atoms. The zero-order valence-corrected chi connectivity index (χ0v) is 37.7. The van der Waals surface area contributed by atoms with E-state index in [9.17, 15) is 19.0 Å². The van der Waals surface area contributed by atoms with Gasteiger partial charge in [-0.2, -0.15) is 0 Å². The third-order valence-electron chi connectivity index (χ3n) is 8.97. The second kappa shape index (κ2) is 38.9. The van der Waals surface area contributed by atoms with E-state index >= 15 is 0 Å². The molecule has 328 valence electrons. The number of rotatable bonds is 39. The van der Waals surface area contributed by atoms with E-state index in [1.165, 1.54) is 38.5 Å². The maximum atomic E-state index is 12.7. The number of hydrogen-bond donors (Lipinski definition) is 1. The van der Waals surface area contributed by atoms with Crippen molar-refractivity contribution >= 4 is 19.8 Å². The summed E-state index contributed by atoms with van der Waals surface area (Å²) < 4.78 is 34.3. The topological polar surface area (TPSA) is 108 Å². The number of ether oxygens (including phenoxy) is 2. The number of nitrogens with zero attached hydrogens (tertiary/aromatic N) is 1. The Balaban J connectivity index is 4.45. The highest BCUT2D eigenvalue weighted by Gasteiger charge is 2.27. The van der Waals surface area contributed by atoms with Gasteiger partial charge in [0.25, 0.3) is 0 Å². The zero-order valence-electron chi connectivity index (χ0n) is 36.8. The molecule has 0 aromatic heterocycles. The Bertz CT molecular complexity index is 1200. The quantitative estimate of drug-likeness (QED) is 0.0215. The molecular weight excluding hydrogens is 737 g/mol. The summed E-state index contributed by atoms with van der Waals surface area (Å²) in [4.78, 5) is 35.4. The molecule has 2 atom stereocenters. The minimum Gasteiger partial charge on any atom is -0.462 e. The molecule has 0 aliphatic rings. The Labute approximate surface area is 348 Å². The molecule has 9 nitrogen and oxygen atoms in total. The minimum absolute atomic E-state index is 0.0201. The third-order valence-corrected chi connectivity index (χ3v) is 9.95. The Hall–Kier alpha value is -2.55. The van der Waals surface area contributed by atoms with Crippen molar-refractivity contribution in [1.82, 2.24) is 0 Å². The van der Waals surface area contributed by atoms with Crippen LogP contribution in [0.15, 0.2) is 72.9 Å². The van der Waals surface area contributed by atoms with Crippen molar-refractivity contribution in [3.05, 3.63) is 72.9 Å². The minimum atomic E-state index is -4.39. The summed E-state index contributed by atoms with van der Waals surface area (Å²) in [5.41, 5.74) is 0. The van der Waals surface area contributed by atoms with Gasteiger partial charge in [-0.05, 0) is 83.5 Å². The third kappa shape index (κ3) is 42.9. The van der Waals surface area contributed by atoms with Crippen molar-refractivity contribution in [1.29, 1.82) is 0 Å². The van der Waals surface area contributed by atoms with Crippen LogP contribution in [0.4, 0.5) is 0 Å². The van der Waals surface area contributed by atoms with Gasteiger partial charge in [-0.25, -0.2) is 4.57 Å². The molecule has 0 fully saturated rings. The van der Waals surface area contributed by atoms with Gasteiger partial charge in [0, 0.05) is 12.8 Å². The summed E-state index contributed by atoms with van der Waals surface area (Å²) in [5, 5.41) is 0. The molecular formula is C47H83NO8P+. The molecule has 1 N–H and O–H groups in total. The lowest BCUT2D eigenvalue weighted by Crippen LogP contribution is -2.37. The van der Waals surface area contributed by atoms with Crippen LogP contribution in [-0.2, 0) is 32.7 Å². The molecule has 10 heteroatoms. The van der Waals surface area contributed by atoms with Gasteiger partial charge in [-0.3, -0.25) is 18.6 Å². The molecule has 0 aromatic rings. The Morgan fingerprint density at radius 3 is 1.53 bits per heavy atom. The van der Waals surface area contributed by atoms with E-state index in [0.717, 1.165) is 89.9 Å². The molecule has 57 heavy (non-hydrogen) atoms. The lowest BCUT2D eigenvalue weighted by Gasteiger charge is -2.24. The van der Waals surface area contributed by atoms with Gasteiger partial charge in [0.15, 0.2) is 6.10 Å². The van der Waals surface area contributed by atoms with E-state index in [1.54, 1.807) is 0 Å². The Morgan fingerprint density at radius 1 is 0.561 bits per heavy atom. The number of esters is 2. The van der Waals surface area contributed by atoms with Gasteiger partial charge in [-0.1, -0.05) is 138 Å². The average molecular weight is 821 g/mol. The first-order valence-corrected chi connectivity index (χ1v) is 23.7. The fourth-order valence-electron chi connectivity index (χ4n) is 5.50. The van der Waals surface area contributed by atoms with Crippen LogP contribution in [0.2, 0.25) is 0 Å². The molecule has 0 aliphatic heterocycles. The van der Waals surface area contributed by atoms with Crippen LogP contribution in [0.25, 0.3) is 0 Å². The van der Waals surface area contributed by atoms with E-state index in [-0.39, 0.29) is 32.0 Å². The van der Waals surface area contributed by atoms with E-state index in [1.807, 2.05) is 21.1 Å². The van der Waals surface area contributed by atoms with Crippen LogP contribution < -0.4 is 0 Å². The Morgan fingerprint density at radius 2 is 1.00 bits per heavy atom. The van der Waals surface area contributed by atoms with Gasteiger partial charge >= 0.3 is 19.8 Å². The van der Waals surface area contributed by atoms with Gasteiger partial charge in [0.2, 0.25) is 0 Å². The number of unbranched alkanes of at least 4 members (excludes halogenated alkanes) is 13. The number of phosphoric acid groups is 1. The lowest BCUT2D eigenvalue weighted by molar-refractivity contribution is -0.870. The van der Waals surface area contributed by atoms with Crippen molar-refractivity contribution in [2.45, 2.75) is 168 Å². The van der Waals surface area contributed by atoms with Crippen molar-refractivity contribution in [2.75, 3.05) is 47.5 Å². The van der Waals surface area contributed by atoms with Crippen LogP contribution in [-0.4, -0.2) is 74.9 Å². The monoisotopic (exact) mass is 821 g/mol. The van der Waals surface area contributed by atoms with Crippen molar-refractivity contribution < 1.29 is 42.1 Å². The number of hydrogen-bond acceptors (Lipinski definition) is 7. The highest BCUT2D eigenvalue weighted by Crippen LogP contribution is 2.43. The summed E-state index contributed by atoms with van der Waals surface area (Å²) in [6, 6.07) is 0. The molecule has 0 aliphatic carbocycles. The largest absolute Gasteiger partial charge is 0.472 e. The molecule has 0 saturated heterocycles. The van der Waals surface area contributed by atoms with E-state index in [2.05, 4.69) is 86.8 Å². The highest BCUT2D eigenvalue weighted by atomic mass is 31.2. The van der Waals surface area contributed by atoms with Crippen LogP contribution in [0.5, 0.6) is 0 Å². The fourth-order valence-corrected chi connectivity index (χ4v) is 6.25. The predicted molar refractivity (Wildman–Crippen MR) is 238 cm³/mol. The second-order valence-corrected chi connectivity index (χ2v) is 17.1. The molecule has 0 rings (SSSR count). The van der Waals surface area contributed by atoms with Gasteiger partial charge < -0.3 is 18.9 Å². The number of carbonyl (C=O) groups excluding carboxylic acids is 2. The normalized spacial score (nSPS) is 14.3. The van der Waals surface area contributed by atoms with Gasteiger partial charge in [0.05, 0.1) is 27.7 Å². The molecule has 0 saturated carbocycles. The first kappa shape index (κ1) is 54.5. The highest BCUT2D eigenvalue weighted by molar-refractivity contribution is 7.47. The molecule has 0 heterocycles. The first-order chi connectivity index (χ1) is 27.5. The number of allylic oxidation sites excluding steroid dienone is 12. The standard InChI is InChI=1S/C47H82NO8P/c1-6-8-10-12-14-16-18-20-22-23-24-25-26-28-30-32-34-36-38-40-47(50)56-45(44-55-57(51,52)54-42-41-48(3,4)5)43-53-46(49)39-37-35-33-31-29-27-21-19-17-15-13-11-9-7-2/h8,10,14,16,19-22,24-25,28,30,45H,6-7,9,11-13,15,17-18,23,26-27,29,31-44H2,1-5H3/p+1/b10-8+,16-14+,21-19+,22-20+,25-24+,30-28+/t45-/m1/s1. The summed E-state index contributed by atoms with van der Waals surface area (Å²) in [7, 11) is 1.44. The van der Waals surface area contributed by atoms with Crippen LogP contribution in [0.3, 0.4) is 0 Å².